The Morgan fingerprint density at radius 3 is 2.47 bits per heavy atom. The van der Waals surface area contributed by atoms with Crippen molar-refractivity contribution in [2.24, 2.45) is 0 Å². The van der Waals surface area contributed by atoms with Crippen molar-refractivity contribution >= 4 is 17.3 Å². The molecule has 0 bridgehead atoms. The van der Waals surface area contributed by atoms with E-state index in [1.54, 1.807) is 11.3 Å². The first-order valence-corrected chi connectivity index (χ1v) is 7.98. The van der Waals surface area contributed by atoms with E-state index in [-0.39, 0.29) is 12.1 Å². The fourth-order valence-corrected chi connectivity index (χ4v) is 2.99. The van der Waals surface area contributed by atoms with Crippen molar-refractivity contribution in [3.8, 4) is 0 Å². The highest BCUT2D eigenvalue weighted by Crippen LogP contribution is 2.26. The normalized spacial score (nSPS) is 12.6. The van der Waals surface area contributed by atoms with Crippen molar-refractivity contribution in [1.29, 1.82) is 0 Å². The van der Waals surface area contributed by atoms with Crippen molar-refractivity contribution in [2.75, 3.05) is 19.6 Å². The van der Waals surface area contributed by atoms with Crippen LogP contribution in [0.5, 0.6) is 0 Å². The summed E-state index contributed by atoms with van der Waals surface area (Å²) in [6.07, 6.45) is 3.11. The van der Waals surface area contributed by atoms with Crippen molar-refractivity contribution in [2.45, 2.75) is 46.1 Å². The lowest BCUT2D eigenvalue weighted by Crippen LogP contribution is -2.28. The van der Waals surface area contributed by atoms with Crippen LogP contribution in [0.25, 0.3) is 0 Å². The van der Waals surface area contributed by atoms with E-state index < -0.39 is 0 Å². The Kier molecular flexibility index (Phi) is 7.75. The van der Waals surface area contributed by atoms with E-state index in [1.807, 2.05) is 17.5 Å². The zero-order valence-electron chi connectivity index (χ0n) is 12.2. The van der Waals surface area contributed by atoms with Crippen molar-refractivity contribution in [3.63, 3.8) is 0 Å². The molecule has 0 aliphatic carbocycles. The number of hydrogen-bond acceptors (Lipinski definition) is 4. The van der Waals surface area contributed by atoms with Crippen LogP contribution in [0.1, 0.15) is 51.0 Å². The van der Waals surface area contributed by atoms with Crippen LogP contribution in [0, 0.1) is 0 Å². The molecule has 0 aliphatic rings. The highest BCUT2D eigenvalue weighted by atomic mass is 32.1. The van der Waals surface area contributed by atoms with Crippen molar-refractivity contribution < 1.29 is 9.53 Å². The number of carbonyl (C=O) groups excluding carboxylic acids is 1. The molecule has 0 saturated heterocycles. The highest BCUT2D eigenvalue weighted by Gasteiger charge is 2.17. The minimum absolute atomic E-state index is 0.0892. The Bertz CT molecular complexity index is 345. The maximum absolute atomic E-state index is 11.2. The van der Waals surface area contributed by atoms with E-state index >= 15 is 0 Å². The number of nitrogens with zero attached hydrogens (tertiary/aromatic N) is 1. The molecule has 0 N–H and O–H groups in total. The van der Waals surface area contributed by atoms with Gasteiger partial charge < -0.3 is 9.64 Å². The summed E-state index contributed by atoms with van der Waals surface area (Å²) in [6.45, 7) is 9.10. The van der Waals surface area contributed by atoms with Gasteiger partial charge in [-0.2, -0.15) is 0 Å². The third-order valence-electron chi connectivity index (χ3n) is 2.96. The lowest BCUT2D eigenvalue weighted by Gasteiger charge is -2.23. The van der Waals surface area contributed by atoms with Gasteiger partial charge >= 0.3 is 5.97 Å². The van der Waals surface area contributed by atoms with Crippen LogP contribution >= 0.6 is 11.3 Å². The molecule has 1 unspecified atom stereocenters. The van der Waals surface area contributed by atoms with E-state index in [1.165, 1.54) is 6.92 Å². The minimum atomic E-state index is -0.198. The molecule has 0 spiro atoms. The van der Waals surface area contributed by atoms with Crippen LogP contribution in [-0.4, -0.2) is 30.5 Å². The van der Waals surface area contributed by atoms with Crippen LogP contribution in [-0.2, 0) is 9.53 Å². The topological polar surface area (TPSA) is 29.5 Å². The summed E-state index contributed by atoms with van der Waals surface area (Å²) < 4.78 is 5.45. The van der Waals surface area contributed by atoms with Gasteiger partial charge in [0.05, 0.1) is 0 Å². The molecule has 108 valence electrons. The summed E-state index contributed by atoms with van der Waals surface area (Å²) in [7, 11) is 0. The van der Waals surface area contributed by atoms with Gasteiger partial charge in [-0.3, -0.25) is 4.79 Å². The fraction of sp³-hybridized carbons (Fsp3) is 0.667. The smallest absolute Gasteiger partial charge is 0.303 e. The zero-order chi connectivity index (χ0) is 14.1. The third kappa shape index (κ3) is 6.21. The Morgan fingerprint density at radius 1 is 1.32 bits per heavy atom. The summed E-state index contributed by atoms with van der Waals surface area (Å²) in [5.41, 5.74) is 0. The van der Waals surface area contributed by atoms with Gasteiger partial charge in [-0.15, -0.1) is 11.3 Å². The Hall–Kier alpha value is -0.870. The summed E-state index contributed by atoms with van der Waals surface area (Å²) >= 11 is 1.66. The number of ether oxygens (including phenoxy) is 1. The number of thiophene rings is 1. The monoisotopic (exact) mass is 283 g/mol. The average molecular weight is 283 g/mol. The third-order valence-corrected chi connectivity index (χ3v) is 3.92. The van der Waals surface area contributed by atoms with Crippen molar-refractivity contribution in [3.05, 3.63) is 22.4 Å². The molecule has 4 heteroatoms. The van der Waals surface area contributed by atoms with Gasteiger partial charge in [0.15, 0.2) is 0 Å². The average Bonchev–Trinajstić information content (AvgIpc) is 2.88. The van der Waals surface area contributed by atoms with Crippen LogP contribution < -0.4 is 0 Å². The Balaban J connectivity index is 2.54. The number of esters is 1. The van der Waals surface area contributed by atoms with Gasteiger partial charge in [0.1, 0.15) is 6.10 Å². The lowest BCUT2D eigenvalue weighted by molar-refractivity contribution is -0.147. The number of hydrogen-bond donors (Lipinski definition) is 0. The molecular formula is C15H25NO2S. The summed E-state index contributed by atoms with van der Waals surface area (Å²) in [5, 5.41) is 2.03. The molecule has 0 amide bonds. The van der Waals surface area contributed by atoms with E-state index in [9.17, 15) is 4.79 Å². The summed E-state index contributed by atoms with van der Waals surface area (Å²) in [5.74, 6) is -0.198. The largest absolute Gasteiger partial charge is 0.457 e. The first-order chi connectivity index (χ1) is 9.17. The Labute approximate surface area is 120 Å². The lowest BCUT2D eigenvalue weighted by atomic mass is 10.2. The van der Waals surface area contributed by atoms with Crippen LogP contribution in [0.2, 0.25) is 0 Å². The second-order valence-electron chi connectivity index (χ2n) is 4.74. The first kappa shape index (κ1) is 16.2. The predicted molar refractivity (Wildman–Crippen MR) is 80.5 cm³/mol. The molecule has 1 atom stereocenters. The van der Waals surface area contributed by atoms with E-state index in [0.717, 1.165) is 43.8 Å². The zero-order valence-corrected chi connectivity index (χ0v) is 13.0. The molecule has 3 nitrogen and oxygen atoms in total. The quantitative estimate of drug-likeness (QED) is 0.644. The minimum Gasteiger partial charge on any atom is -0.457 e. The fourth-order valence-electron chi connectivity index (χ4n) is 2.20. The molecule has 1 aromatic heterocycles. The van der Waals surface area contributed by atoms with Gasteiger partial charge in [-0.05, 0) is 37.4 Å². The molecule has 1 heterocycles. The van der Waals surface area contributed by atoms with E-state index in [4.69, 9.17) is 4.74 Å². The van der Waals surface area contributed by atoms with Gasteiger partial charge in [0, 0.05) is 24.8 Å². The maximum atomic E-state index is 11.2. The highest BCUT2D eigenvalue weighted by molar-refractivity contribution is 7.10. The predicted octanol–water partition coefficient (Wildman–Crippen LogP) is 3.86. The number of carbonyl (C=O) groups is 1. The van der Waals surface area contributed by atoms with Gasteiger partial charge in [-0.1, -0.05) is 19.9 Å². The molecule has 0 fully saturated rings. The van der Waals surface area contributed by atoms with Crippen molar-refractivity contribution in [1.82, 2.24) is 4.90 Å². The van der Waals surface area contributed by atoms with Gasteiger partial charge in [0.25, 0.3) is 0 Å². The van der Waals surface area contributed by atoms with E-state index in [2.05, 4.69) is 18.7 Å². The molecule has 0 radical (unpaired) electrons. The standard InChI is InChI=1S/C15H25NO2S/c1-4-9-16(10-5-2)11-8-14(18-13(3)17)15-7-6-12-19-15/h6-7,12,14H,4-5,8-11H2,1-3H3. The second-order valence-corrected chi connectivity index (χ2v) is 5.72. The van der Waals surface area contributed by atoms with Gasteiger partial charge in [0.2, 0.25) is 0 Å². The van der Waals surface area contributed by atoms with Crippen LogP contribution in [0.15, 0.2) is 17.5 Å². The second kappa shape index (κ2) is 9.10. The molecular weight excluding hydrogens is 258 g/mol. The molecule has 0 saturated carbocycles. The maximum Gasteiger partial charge on any atom is 0.303 e. The molecule has 0 aliphatic heterocycles. The van der Waals surface area contributed by atoms with Crippen LogP contribution in [0.3, 0.4) is 0 Å². The first-order valence-electron chi connectivity index (χ1n) is 7.10. The van der Waals surface area contributed by atoms with Gasteiger partial charge in [-0.25, -0.2) is 0 Å². The Morgan fingerprint density at radius 2 is 2.00 bits per heavy atom. The summed E-state index contributed by atoms with van der Waals surface area (Å²) in [4.78, 5) is 14.8. The van der Waals surface area contributed by atoms with E-state index in [0.29, 0.717) is 0 Å². The molecule has 0 aromatic carbocycles. The number of rotatable bonds is 9. The molecule has 19 heavy (non-hydrogen) atoms. The summed E-state index contributed by atoms with van der Waals surface area (Å²) in [6, 6.07) is 4.05. The molecule has 1 rings (SSSR count). The SMILES string of the molecule is CCCN(CCC)CCC(OC(C)=O)c1cccs1. The van der Waals surface area contributed by atoms with Crippen LogP contribution in [0.4, 0.5) is 0 Å². The molecule has 1 aromatic rings.